The normalized spacial score (nSPS) is 20.5. The largest absolute Gasteiger partial charge is 0.340 e. The maximum Gasteiger partial charge on any atom is 0.228 e. The molecule has 0 saturated carbocycles. The summed E-state index contributed by atoms with van der Waals surface area (Å²) in [6, 6.07) is 7.19. The van der Waals surface area contributed by atoms with Crippen LogP contribution in [0.15, 0.2) is 36.7 Å². The third-order valence-electron chi connectivity index (χ3n) is 5.88. The molecule has 2 amide bonds. The van der Waals surface area contributed by atoms with E-state index >= 15 is 0 Å². The van der Waals surface area contributed by atoms with Crippen molar-refractivity contribution in [2.75, 3.05) is 44.2 Å². The third-order valence-corrected chi connectivity index (χ3v) is 6.13. The van der Waals surface area contributed by atoms with Crippen LogP contribution in [-0.4, -0.2) is 70.4 Å². The smallest absolute Gasteiger partial charge is 0.228 e. The lowest BCUT2D eigenvalue weighted by Crippen LogP contribution is -2.51. The predicted octanol–water partition coefficient (Wildman–Crippen LogP) is 2.04. The van der Waals surface area contributed by atoms with Crippen LogP contribution >= 0.6 is 11.6 Å². The highest BCUT2D eigenvalue weighted by molar-refractivity contribution is 6.30. The maximum absolute atomic E-state index is 13.0. The highest BCUT2D eigenvalue weighted by atomic mass is 35.5. The number of carbonyl (C=O) groups excluding carboxylic acids is 2. The van der Waals surface area contributed by atoms with Gasteiger partial charge >= 0.3 is 0 Å². The van der Waals surface area contributed by atoms with Gasteiger partial charge in [-0.15, -0.1) is 0 Å². The van der Waals surface area contributed by atoms with Gasteiger partial charge < -0.3 is 14.4 Å². The molecule has 1 unspecified atom stereocenters. The third kappa shape index (κ3) is 4.46. The topological polar surface area (TPSA) is 61.7 Å². The molecule has 3 heterocycles. The fourth-order valence-electron chi connectivity index (χ4n) is 4.08. The quantitative estimate of drug-likeness (QED) is 0.749. The van der Waals surface area contributed by atoms with Gasteiger partial charge in [0.25, 0.3) is 0 Å². The lowest BCUT2D eigenvalue weighted by atomic mass is 10.1. The van der Waals surface area contributed by atoms with Gasteiger partial charge in [-0.2, -0.15) is 0 Å². The van der Waals surface area contributed by atoms with Crippen molar-refractivity contribution in [3.63, 3.8) is 0 Å². The van der Waals surface area contributed by atoms with Crippen LogP contribution in [0.25, 0.3) is 0 Å². The van der Waals surface area contributed by atoms with E-state index < -0.39 is 0 Å². The zero-order chi connectivity index (χ0) is 20.4. The number of amides is 2. The van der Waals surface area contributed by atoms with E-state index in [9.17, 15) is 9.59 Å². The first kappa shape index (κ1) is 19.9. The summed E-state index contributed by atoms with van der Waals surface area (Å²) < 4.78 is 2.15. The molecule has 8 heteroatoms. The Hall–Kier alpha value is -2.38. The monoisotopic (exact) mass is 415 g/mol. The number of aromatic nitrogens is 2. The number of aryl methyl sites for hydroxylation is 1. The van der Waals surface area contributed by atoms with Crippen molar-refractivity contribution in [3.8, 4) is 0 Å². The molecule has 2 aromatic rings. The minimum Gasteiger partial charge on any atom is -0.340 e. The molecule has 2 fully saturated rings. The van der Waals surface area contributed by atoms with E-state index in [0.717, 1.165) is 37.7 Å². The van der Waals surface area contributed by atoms with Crippen molar-refractivity contribution in [1.82, 2.24) is 19.4 Å². The lowest BCUT2D eigenvalue weighted by Gasteiger charge is -2.36. The molecule has 0 spiro atoms. The zero-order valence-electron chi connectivity index (χ0n) is 16.6. The number of nitrogens with zero attached hydrogens (tertiary/aromatic N) is 5. The molecule has 1 aromatic heterocycles. The molecule has 2 aliphatic heterocycles. The van der Waals surface area contributed by atoms with Gasteiger partial charge in [-0.05, 0) is 31.2 Å². The van der Waals surface area contributed by atoms with Crippen LogP contribution < -0.4 is 4.90 Å². The van der Waals surface area contributed by atoms with Gasteiger partial charge in [0.1, 0.15) is 5.82 Å². The summed E-state index contributed by atoms with van der Waals surface area (Å²) in [4.78, 5) is 35.7. The first-order valence-corrected chi connectivity index (χ1v) is 10.4. The van der Waals surface area contributed by atoms with Crippen LogP contribution in [0.1, 0.15) is 12.2 Å². The Bertz CT molecular complexity index is 873. The van der Waals surface area contributed by atoms with E-state index in [0.29, 0.717) is 24.7 Å². The van der Waals surface area contributed by atoms with Crippen molar-refractivity contribution >= 4 is 29.1 Å². The number of piperazine rings is 1. The number of imidazole rings is 1. The van der Waals surface area contributed by atoms with Gasteiger partial charge in [0.15, 0.2) is 0 Å². The summed E-state index contributed by atoms with van der Waals surface area (Å²) in [5, 5.41) is 0.633. The fraction of sp³-hybridized carbons (Fsp3) is 0.476. The van der Waals surface area contributed by atoms with Crippen molar-refractivity contribution < 1.29 is 9.59 Å². The lowest BCUT2D eigenvalue weighted by molar-refractivity contribution is -0.137. The maximum atomic E-state index is 13.0. The molecule has 0 radical (unpaired) electrons. The summed E-state index contributed by atoms with van der Waals surface area (Å²) in [5.41, 5.74) is 0.800. The van der Waals surface area contributed by atoms with Crippen LogP contribution in [0.4, 0.5) is 5.69 Å². The number of rotatable bonds is 5. The van der Waals surface area contributed by atoms with Crippen molar-refractivity contribution in [3.05, 3.63) is 47.5 Å². The van der Waals surface area contributed by atoms with Gasteiger partial charge in [-0.3, -0.25) is 14.5 Å². The first-order valence-electron chi connectivity index (χ1n) is 10.1. The minimum atomic E-state index is -0.265. The molecular formula is C21H26ClN5O2. The van der Waals surface area contributed by atoms with Gasteiger partial charge in [0.2, 0.25) is 11.8 Å². The highest BCUT2D eigenvalue weighted by Crippen LogP contribution is 2.27. The van der Waals surface area contributed by atoms with E-state index in [-0.39, 0.29) is 24.2 Å². The Morgan fingerprint density at radius 2 is 1.86 bits per heavy atom. The van der Waals surface area contributed by atoms with Gasteiger partial charge in [-0.1, -0.05) is 11.6 Å². The molecule has 7 nitrogen and oxygen atoms in total. The van der Waals surface area contributed by atoms with Gasteiger partial charge in [0.05, 0.1) is 5.92 Å². The molecule has 4 rings (SSSR count). The average Bonchev–Trinajstić information content (AvgIpc) is 3.32. The molecule has 2 aliphatic rings. The number of benzene rings is 1. The Balaban J connectivity index is 1.28. The van der Waals surface area contributed by atoms with Crippen LogP contribution in [0.5, 0.6) is 0 Å². The molecular weight excluding hydrogens is 390 g/mol. The molecule has 1 aromatic carbocycles. The van der Waals surface area contributed by atoms with Crippen molar-refractivity contribution in [2.45, 2.75) is 19.9 Å². The Kier molecular flexibility index (Phi) is 5.87. The Morgan fingerprint density at radius 1 is 1.14 bits per heavy atom. The summed E-state index contributed by atoms with van der Waals surface area (Å²) >= 11 is 5.93. The first-order chi connectivity index (χ1) is 14.0. The Labute approximate surface area is 175 Å². The van der Waals surface area contributed by atoms with Crippen LogP contribution in [-0.2, 0) is 16.1 Å². The number of hydrogen-bond acceptors (Lipinski definition) is 4. The average molecular weight is 416 g/mol. The molecule has 1 atom stereocenters. The summed E-state index contributed by atoms with van der Waals surface area (Å²) in [7, 11) is 0. The van der Waals surface area contributed by atoms with E-state index in [1.54, 1.807) is 17.0 Å². The Morgan fingerprint density at radius 3 is 2.52 bits per heavy atom. The predicted molar refractivity (Wildman–Crippen MR) is 112 cm³/mol. The van der Waals surface area contributed by atoms with Crippen molar-refractivity contribution in [2.24, 2.45) is 5.92 Å². The standard InChI is InChI=1S/C21H26ClN5O2/c1-16-23-6-7-25(16)11-8-24-9-12-26(13-10-24)21(29)17-14-20(28)27(15-17)19-4-2-18(22)3-5-19/h2-7,17H,8-15H2,1H3. The second kappa shape index (κ2) is 8.55. The fourth-order valence-corrected chi connectivity index (χ4v) is 4.21. The summed E-state index contributed by atoms with van der Waals surface area (Å²) in [5.74, 6) is 0.855. The van der Waals surface area contributed by atoms with E-state index in [4.69, 9.17) is 11.6 Å². The second-order valence-corrected chi connectivity index (χ2v) is 8.15. The minimum absolute atomic E-state index is 0.00000957. The van der Waals surface area contributed by atoms with Gasteiger partial charge in [-0.25, -0.2) is 4.98 Å². The van der Waals surface area contributed by atoms with Crippen molar-refractivity contribution in [1.29, 1.82) is 0 Å². The zero-order valence-corrected chi connectivity index (χ0v) is 17.4. The summed E-state index contributed by atoms with van der Waals surface area (Å²) in [6.45, 7) is 7.47. The number of anilines is 1. The molecule has 2 saturated heterocycles. The van der Waals surface area contributed by atoms with E-state index in [1.165, 1.54) is 0 Å². The van der Waals surface area contributed by atoms with E-state index in [1.807, 2.05) is 36.4 Å². The number of halogens is 1. The van der Waals surface area contributed by atoms with E-state index in [2.05, 4.69) is 14.5 Å². The number of hydrogen-bond donors (Lipinski definition) is 0. The SMILES string of the molecule is Cc1nccn1CCN1CCN(C(=O)C2CC(=O)N(c3ccc(Cl)cc3)C2)CC1. The second-order valence-electron chi connectivity index (χ2n) is 7.72. The molecule has 0 bridgehead atoms. The summed E-state index contributed by atoms with van der Waals surface area (Å²) in [6.07, 6.45) is 4.10. The highest BCUT2D eigenvalue weighted by Gasteiger charge is 2.37. The van der Waals surface area contributed by atoms with Crippen LogP contribution in [0.3, 0.4) is 0 Å². The molecule has 0 aliphatic carbocycles. The van der Waals surface area contributed by atoms with Crippen LogP contribution in [0.2, 0.25) is 5.02 Å². The molecule has 29 heavy (non-hydrogen) atoms. The number of carbonyl (C=O) groups is 2. The molecule has 0 N–H and O–H groups in total. The van der Waals surface area contributed by atoms with Gasteiger partial charge in [0, 0.05) is 75.3 Å². The van der Waals surface area contributed by atoms with Crippen LogP contribution in [0, 0.1) is 12.8 Å². The molecule has 154 valence electrons.